The van der Waals surface area contributed by atoms with Crippen LogP contribution in [0.1, 0.15) is 59.6 Å². The summed E-state index contributed by atoms with van der Waals surface area (Å²) in [5.41, 5.74) is -1.71. The number of aliphatic hydroxyl groups is 1. The fraction of sp³-hybridized carbons (Fsp3) is 0.370. The lowest BCUT2D eigenvalue weighted by molar-refractivity contribution is -0.0646. The maximum atomic E-state index is 13.7. The quantitative estimate of drug-likeness (QED) is 0.265. The lowest BCUT2D eigenvalue weighted by Gasteiger charge is -2.42. The van der Waals surface area contributed by atoms with Crippen LogP contribution in [0.25, 0.3) is 0 Å². The SMILES string of the molecule is O=C(Nc1cc(F)c(F)c(F)c1)c1ccc(Cl)c(S(=O)(=O)C2CC3CC[C@@H](C2)C3(O)CCC(=O)c2ncco2)c1. The molecule has 2 bridgehead atoms. The Labute approximate surface area is 232 Å². The van der Waals surface area contributed by atoms with Crippen molar-refractivity contribution < 1.29 is 40.7 Å². The van der Waals surface area contributed by atoms with Crippen molar-refractivity contribution in [3.63, 3.8) is 0 Å². The van der Waals surface area contributed by atoms with E-state index in [0.717, 1.165) is 6.07 Å². The topological polar surface area (TPSA) is 127 Å². The van der Waals surface area contributed by atoms with Gasteiger partial charge in [0.15, 0.2) is 27.3 Å². The highest BCUT2D eigenvalue weighted by Crippen LogP contribution is 2.54. The summed E-state index contributed by atoms with van der Waals surface area (Å²) in [5.74, 6) is -6.68. The van der Waals surface area contributed by atoms with Gasteiger partial charge in [0, 0.05) is 29.8 Å². The highest BCUT2D eigenvalue weighted by Gasteiger charge is 2.55. The number of aromatic nitrogens is 1. The van der Waals surface area contributed by atoms with Crippen molar-refractivity contribution in [1.82, 2.24) is 4.98 Å². The molecule has 5 rings (SSSR count). The number of nitrogens with one attached hydrogen (secondary N) is 1. The van der Waals surface area contributed by atoms with Crippen LogP contribution >= 0.6 is 11.6 Å². The van der Waals surface area contributed by atoms with Gasteiger partial charge in [0.2, 0.25) is 5.78 Å². The monoisotopic (exact) mass is 596 g/mol. The van der Waals surface area contributed by atoms with Gasteiger partial charge in [-0.2, -0.15) is 0 Å². The second kappa shape index (κ2) is 10.6. The number of halogens is 4. The van der Waals surface area contributed by atoms with Crippen molar-refractivity contribution in [2.45, 2.75) is 54.3 Å². The first-order valence-corrected chi connectivity index (χ1v) is 14.5. The number of carbonyl (C=O) groups excluding carboxylic acids is 2. The van der Waals surface area contributed by atoms with Crippen LogP contribution in [-0.4, -0.2) is 41.0 Å². The Hall–Kier alpha value is -3.22. The van der Waals surface area contributed by atoms with Crippen molar-refractivity contribution >= 4 is 38.8 Å². The molecule has 1 heterocycles. The van der Waals surface area contributed by atoms with Crippen LogP contribution in [0.2, 0.25) is 5.02 Å². The molecular formula is C27H24ClF3N2O6S. The number of hydrogen-bond acceptors (Lipinski definition) is 7. The molecule has 3 aromatic rings. The first-order valence-electron chi connectivity index (χ1n) is 12.5. The van der Waals surface area contributed by atoms with Gasteiger partial charge in [-0.15, -0.1) is 0 Å². The molecule has 2 aliphatic carbocycles. The molecule has 4 atom stereocenters. The van der Waals surface area contributed by atoms with E-state index >= 15 is 0 Å². The van der Waals surface area contributed by atoms with Crippen LogP contribution in [0.4, 0.5) is 18.9 Å². The third-order valence-corrected chi connectivity index (χ3v) is 10.6. The van der Waals surface area contributed by atoms with Gasteiger partial charge in [0.05, 0.1) is 27.0 Å². The van der Waals surface area contributed by atoms with Gasteiger partial charge in [-0.3, -0.25) is 9.59 Å². The van der Waals surface area contributed by atoms with Crippen LogP contribution in [0.3, 0.4) is 0 Å². The number of oxazole rings is 1. The predicted molar refractivity (Wildman–Crippen MR) is 137 cm³/mol. The Bertz CT molecular complexity index is 1540. The molecule has 3 unspecified atom stereocenters. The summed E-state index contributed by atoms with van der Waals surface area (Å²) >= 11 is 6.25. The Kier molecular flexibility index (Phi) is 7.53. The van der Waals surface area contributed by atoms with E-state index in [4.69, 9.17) is 16.0 Å². The smallest absolute Gasteiger partial charge is 0.263 e. The Morgan fingerprint density at radius 1 is 1.10 bits per heavy atom. The van der Waals surface area contributed by atoms with Crippen LogP contribution in [0, 0.1) is 29.3 Å². The van der Waals surface area contributed by atoms with Gasteiger partial charge in [0.1, 0.15) is 6.26 Å². The van der Waals surface area contributed by atoms with Crippen LogP contribution in [-0.2, 0) is 9.84 Å². The lowest BCUT2D eigenvalue weighted by atomic mass is 9.71. The van der Waals surface area contributed by atoms with Gasteiger partial charge < -0.3 is 14.8 Å². The minimum Gasteiger partial charge on any atom is -0.442 e. The second-order valence-electron chi connectivity index (χ2n) is 10.2. The van der Waals surface area contributed by atoms with Crippen LogP contribution < -0.4 is 5.32 Å². The molecule has 13 heteroatoms. The molecule has 2 N–H and O–H groups in total. The molecule has 40 heavy (non-hydrogen) atoms. The summed E-state index contributed by atoms with van der Waals surface area (Å²) in [6, 6.07) is 4.77. The summed E-state index contributed by atoms with van der Waals surface area (Å²) in [6.07, 6.45) is 4.28. The van der Waals surface area contributed by atoms with Crippen molar-refractivity contribution in [3.05, 3.63) is 76.7 Å². The number of ketones is 1. The number of Topliss-reactive ketones (excluding diaryl/α,β-unsaturated/α-hetero) is 1. The molecule has 2 saturated carbocycles. The zero-order valence-electron chi connectivity index (χ0n) is 20.9. The molecule has 0 saturated heterocycles. The van der Waals surface area contributed by atoms with Gasteiger partial charge in [-0.1, -0.05) is 11.6 Å². The van der Waals surface area contributed by atoms with Crippen molar-refractivity contribution in [3.8, 4) is 0 Å². The summed E-state index contributed by atoms with van der Waals surface area (Å²) in [5, 5.41) is 12.7. The van der Waals surface area contributed by atoms with E-state index in [2.05, 4.69) is 10.3 Å². The maximum absolute atomic E-state index is 13.7. The van der Waals surface area contributed by atoms with Crippen LogP contribution in [0.15, 0.2) is 52.1 Å². The number of anilines is 1. The standard InChI is InChI=1S/C27H24ClF3N2O6S/c28-19-4-1-14(25(35)33-17-12-20(29)24(31)21(30)13-17)9-23(19)40(37,38)18-10-15-2-3-16(11-18)27(15,36)6-5-22(34)26-32-7-8-39-26/h1,4,7-9,12-13,15-16,18,36H,2-3,5-6,10-11H2,(H,33,35)/t15-,16?,18?,27?/m0/s1. The van der Waals surface area contributed by atoms with Gasteiger partial charge >= 0.3 is 0 Å². The van der Waals surface area contributed by atoms with E-state index in [0.29, 0.717) is 25.0 Å². The highest BCUT2D eigenvalue weighted by atomic mass is 35.5. The molecule has 212 valence electrons. The summed E-state index contributed by atoms with van der Waals surface area (Å²) in [4.78, 5) is 28.6. The van der Waals surface area contributed by atoms with Gasteiger partial charge in [-0.25, -0.2) is 26.6 Å². The van der Waals surface area contributed by atoms with E-state index < -0.39 is 44.0 Å². The van der Waals surface area contributed by atoms with Crippen molar-refractivity contribution in [2.75, 3.05) is 5.32 Å². The maximum Gasteiger partial charge on any atom is 0.263 e. The Morgan fingerprint density at radius 2 is 1.75 bits per heavy atom. The molecule has 2 aliphatic rings. The third-order valence-electron chi connectivity index (χ3n) is 7.98. The lowest BCUT2D eigenvalue weighted by Crippen LogP contribution is -2.48. The second-order valence-corrected chi connectivity index (χ2v) is 12.8. The number of rotatable bonds is 8. The van der Waals surface area contributed by atoms with Gasteiger partial charge in [0.25, 0.3) is 11.8 Å². The average molecular weight is 597 g/mol. The molecule has 0 spiro atoms. The summed E-state index contributed by atoms with van der Waals surface area (Å²) < 4.78 is 72.8. The molecule has 8 nitrogen and oxygen atoms in total. The van der Waals surface area contributed by atoms with Crippen LogP contribution in [0.5, 0.6) is 0 Å². The number of carbonyl (C=O) groups is 2. The zero-order chi connectivity index (χ0) is 28.8. The number of nitrogens with zero attached hydrogens (tertiary/aromatic N) is 1. The first kappa shape index (κ1) is 28.3. The van der Waals surface area contributed by atoms with Gasteiger partial charge in [-0.05, 0) is 62.1 Å². The van der Waals surface area contributed by atoms with E-state index in [1.807, 2.05) is 0 Å². The highest BCUT2D eigenvalue weighted by molar-refractivity contribution is 7.92. The number of benzene rings is 2. The number of hydrogen-bond donors (Lipinski definition) is 2. The third kappa shape index (κ3) is 5.15. The minimum absolute atomic E-state index is 0.00622. The van der Waals surface area contributed by atoms with E-state index in [1.165, 1.54) is 24.6 Å². The molecule has 0 aliphatic heterocycles. The summed E-state index contributed by atoms with van der Waals surface area (Å²) in [6.45, 7) is 0. The Balaban J connectivity index is 1.32. The molecule has 0 radical (unpaired) electrons. The van der Waals surface area contributed by atoms with E-state index in [1.54, 1.807) is 0 Å². The van der Waals surface area contributed by atoms with Crippen molar-refractivity contribution in [1.29, 1.82) is 0 Å². The fourth-order valence-electron chi connectivity index (χ4n) is 5.93. The predicted octanol–water partition coefficient (Wildman–Crippen LogP) is 5.35. The molecular weight excluding hydrogens is 573 g/mol. The largest absolute Gasteiger partial charge is 0.442 e. The van der Waals surface area contributed by atoms with Crippen molar-refractivity contribution in [2.24, 2.45) is 11.8 Å². The van der Waals surface area contributed by atoms with E-state index in [9.17, 15) is 36.3 Å². The molecule has 2 fully saturated rings. The zero-order valence-corrected chi connectivity index (χ0v) is 22.4. The fourth-order valence-corrected chi connectivity index (χ4v) is 8.33. The molecule has 1 aromatic heterocycles. The average Bonchev–Trinajstić information content (AvgIpc) is 3.48. The Morgan fingerprint density at radius 3 is 2.35 bits per heavy atom. The first-order chi connectivity index (χ1) is 18.9. The van der Waals surface area contributed by atoms with E-state index in [-0.39, 0.29) is 70.4 Å². The molecule has 2 aromatic carbocycles. The minimum atomic E-state index is -4.07. The number of fused-ring (bicyclic) bond motifs is 2. The number of amides is 1. The summed E-state index contributed by atoms with van der Waals surface area (Å²) in [7, 11) is -4.07. The normalized spacial score (nSPS) is 24.2. The number of sulfone groups is 1. The molecule has 1 amide bonds.